The minimum Gasteiger partial charge on any atom is -0.388 e. The zero-order valence-electron chi connectivity index (χ0n) is 17.7. The molecule has 9 atom stereocenters. The maximum absolute atomic E-state index is 13.3. The topological polar surface area (TPSA) is 111 Å². The molecule has 168 valence electrons. The molecule has 0 radical (unpaired) electrons. The van der Waals surface area contributed by atoms with Crippen molar-refractivity contribution in [2.24, 2.45) is 11.8 Å². The van der Waals surface area contributed by atoms with Gasteiger partial charge in [0.25, 0.3) is 0 Å². The van der Waals surface area contributed by atoms with Crippen LogP contribution in [0.4, 0.5) is 0 Å². The van der Waals surface area contributed by atoms with Crippen LogP contribution in [-0.2, 0) is 14.3 Å². The van der Waals surface area contributed by atoms with Crippen molar-refractivity contribution in [3.63, 3.8) is 0 Å². The maximum atomic E-state index is 13.3. The second-order valence-corrected chi connectivity index (χ2v) is 9.87. The Morgan fingerprint density at radius 1 is 1.17 bits per heavy atom. The highest BCUT2D eigenvalue weighted by molar-refractivity contribution is 7.99. The van der Waals surface area contributed by atoms with Crippen molar-refractivity contribution >= 4 is 17.7 Å². The van der Waals surface area contributed by atoms with Crippen LogP contribution in [0, 0.1) is 11.8 Å². The second kappa shape index (κ2) is 9.80. The number of amides is 1. The summed E-state index contributed by atoms with van der Waals surface area (Å²) in [6, 6.07) is -0.889. The molecule has 0 saturated carbocycles. The number of ether oxygens (including phenoxy) is 2. The molecule has 0 aliphatic carbocycles. The number of carbonyl (C=O) groups excluding carboxylic acids is 1. The van der Waals surface area contributed by atoms with Gasteiger partial charge < -0.3 is 30.1 Å². The van der Waals surface area contributed by atoms with Crippen LogP contribution in [0.5, 0.6) is 0 Å². The van der Waals surface area contributed by atoms with Gasteiger partial charge >= 0.3 is 0 Å². The summed E-state index contributed by atoms with van der Waals surface area (Å²) in [5.74, 6) is 0.170. The van der Waals surface area contributed by atoms with Crippen LogP contribution in [0.3, 0.4) is 0 Å². The first-order valence-electron chi connectivity index (χ1n) is 10.6. The fraction of sp³-hybridized carbons (Fsp3) is 0.950. The SMILES string of the molecule is CSC1O[C@H]([C@H](NC(=O)[C@@H]2[C@@H]3OCCCC[C@H]3CN2C)C(C)C)C(O)C(O)[C@H]1O. The smallest absolute Gasteiger partial charge is 0.240 e. The van der Waals surface area contributed by atoms with E-state index in [0.29, 0.717) is 12.5 Å². The number of hydrogen-bond acceptors (Lipinski definition) is 8. The summed E-state index contributed by atoms with van der Waals surface area (Å²) < 4.78 is 12.0. The zero-order chi connectivity index (χ0) is 21.3. The number of nitrogens with zero attached hydrogens (tertiary/aromatic N) is 1. The lowest BCUT2D eigenvalue weighted by atomic mass is 9.88. The Hall–Kier alpha value is -0.420. The third kappa shape index (κ3) is 4.76. The van der Waals surface area contributed by atoms with Crippen molar-refractivity contribution in [3.8, 4) is 0 Å². The molecule has 0 bridgehead atoms. The van der Waals surface area contributed by atoms with Gasteiger partial charge in [-0.3, -0.25) is 9.69 Å². The largest absolute Gasteiger partial charge is 0.388 e. The van der Waals surface area contributed by atoms with Crippen LogP contribution in [-0.4, -0.2) is 101 Å². The molecule has 3 heterocycles. The molecule has 4 N–H and O–H groups in total. The summed E-state index contributed by atoms with van der Waals surface area (Å²) in [7, 11) is 1.95. The minimum atomic E-state index is -1.33. The number of likely N-dealkylation sites (tertiary alicyclic amines) is 1. The van der Waals surface area contributed by atoms with Gasteiger partial charge in [-0.15, -0.1) is 11.8 Å². The van der Waals surface area contributed by atoms with Gasteiger partial charge in [-0.1, -0.05) is 20.3 Å². The van der Waals surface area contributed by atoms with E-state index < -0.39 is 35.9 Å². The third-order valence-corrected chi connectivity index (χ3v) is 7.40. The van der Waals surface area contributed by atoms with Crippen LogP contribution in [0.1, 0.15) is 33.1 Å². The first kappa shape index (κ1) is 23.2. The van der Waals surface area contributed by atoms with E-state index in [1.54, 1.807) is 6.26 Å². The summed E-state index contributed by atoms with van der Waals surface area (Å²) in [6.45, 7) is 5.39. The van der Waals surface area contributed by atoms with Gasteiger partial charge in [0.15, 0.2) is 0 Å². The summed E-state index contributed by atoms with van der Waals surface area (Å²) in [6.07, 6.45) is 0.254. The van der Waals surface area contributed by atoms with E-state index in [1.807, 2.05) is 20.9 Å². The van der Waals surface area contributed by atoms with Crippen LogP contribution in [0.25, 0.3) is 0 Å². The number of nitrogens with one attached hydrogen (secondary N) is 1. The number of aliphatic hydroxyl groups is 3. The maximum Gasteiger partial charge on any atom is 0.240 e. The molecule has 0 aromatic heterocycles. The molecule has 3 aliphatic heterocycles. The van der Waals surface area contributed by atoms with Gasteiger partial charge in [0, 0.05) is 13.2 Å². The number of fused-ring (bicyclic) bond motifs is 1. The summed E-state index contributed by atoms with van der Waals surface area (Å²) in [5, 5.41) is 34.1. The number of thioether (sulfide) groups is 1. The molecule has 3 aliphatic rings. The normalized spacial score (nSPS) is 42.3. The van der Waals surface area contributed by atoms with Crippen molar-refractivity contribution < 1.29 is 29.6 Å². The lowest BCUT2D eigenvalue weighted by Crippen LogP contribution is -2.65. The molecule has 3 unspecified atom stereocenters. The van der Waals surface area contributed by atoms with Crippen molar-refractivity contribution in [1.82, 2.24) is 10.2 Å². The second-order valence-electron chi connectivity index (χ2n) is 8.93. The highest BCUT2D eigenvalue weighted by Gasteiger charge is 2.50. The number of carbonyl (C=O) groups is 1. The molecule has 1 amide bonds. The Morgan fingerprint density at radius 3 is 2.55 bits per heavy atom. The number of hydrogen-bond donors (Lipinski definition) is 4. The van der Waals surface area contributed by atoms with E-state index in [-0.39, 0.29) is 24.0 Å². The fourth-order valence-electron chi connectivity index (χ4n) is 4.90. The van der Waals surface area contributed by atoms with Crippen molar-refractivity contribution in [3.05, 3.63) is 0 Å². The van der Waals surface area contributed by atoms with Crippen molar-refractivity contribution in [2.75, 3.05) is 26.5 Å². The Balaban J connectivity index is 1.75. The highest BCUT2D eigenvalue weighted by Crippen LogP contribution is 2.33. The van der Waals surface area contributed by atoms with Gasteiger partial charge in [0.2, 0.25) is 5.91 Å². The van der Waals surface area contributed by atoms with Crippen molar-refractivity contribution in [2.45, 2.75) is 81.1 Å². The molecule has 3 saturated heterocycles. The Morgan fingerprint density at radius 2 is 1.90 bits per heavy atom. The van der Waals surface area contributed by atoms with Gasteiger partial charge in [0.1, 0.15) is 35.9 Å². The van der Waals surface area contributed by atoms with Gasteiger partial charge in [-0.2, -0.15) is 0 Å². The average Bonchev–Trinajstić information content (AvgIpc) is 2.83. The molecule has 9 heteroatoms. The van der Waals surface area contributed by atoms with E-state index in [9.17, 15) is 20.1 Å². The molecule has 29 heavy (non-hydrogen) atoms. The Bertz CT molecular complexity index is 565. The van der Waals surface area contributed by atoms with Gasteiger partial charge in [-0.05, 0) is 38.0 Å². The third-order valence-electron chi connectivity index (χ3n) is 6.54. The van der Waals surface area contributed by atoms with E-state index in [2.05, 4.69) is 10.2 Å². The van der Waals surface area contributed by atoms with E-state index >= 15 is 0 Å². The first-order chi connectivity index (χ1) is 13.8. The summed E-state index contributed by atoms with van der Waals surface area (Å²) in [4.78, 5) is 15.3. The molecule has 0 spiro atoms. The number of likely N-dealkylation sites (N-methyl/N-ethyl adjacent to an activating group) is 1. The molecule has 8 nitrogen and oxygen atoms in total. The quantitative estimate of drug-likeness (QED) is 0.473. The van der Waals surface area contributed by atoms with E-state index in [0.717, 1.165) is 25.8 Å². The molecule has 3 fully saturated rings. The first-order valence-corrected chi connectivity index (χ1v) is 11.9. The van der Waals surface area contributed by atoms with Gasteiger partial charge in [0.05, 0.1) is 12.1 Å². The molecular formula is C20H36N2O6S. The standard InChI is InChI=1S/C20H36N2O6S/c1-10(2)12(18-15(24)14(23)16(25)20(28-18)29-4)21-19(26)13-17-11(9-22(13)3)7-5-6-8-27-17/h10-18,20,23-25H,5-9H2,1-4H3,(H,21,26)/t11-,12+,13-,14?,15?,16+,17+,18+,20?/m0/s1. The number of rotatable bonds is 5. The van der Waals surface area contributed by atoms with Crippen LogP contribution in [0.2, 0.25) is 0 Å². The van der Waals surface area contributed by atoms with Crippen molar-refractivity contribution in [1.29, 1.82) is 0 Å². The Kier molecular flexibility index (Phi) is 7.86. The predicted octanol–water partition coefficient (Wildman–Crippen LogP) is -0.203. The molecule has 0 aromatic rings. The monoisotopic (exact) mass is 432 g/mol. The zero-order valence-corrected chi connectivity index (χ0v) is 18.5. The average molecular weight is 433 g/mol. The van der Waals surface area contributed by atoms with Crippen LogP contribution in [0.15, 0.2) is 0 Å². The molecule has 0 aromatic carbocycles. The van der Waals surface area contributed by atoms with Crippen LogP contribution >= 0.6 is 11.8 Å². The van der Waals surface area contributed by atoms with Crippen LogP contribution < -0.4 is 5.32 Å². The van der Waals surface area contributed by atoms with E-state index in [1.165, 1.54) is 11.8 Å². The lowest BCUT2D eigenvalue weighted by Gasteiger charge is -2.44. The molecular weight excluding hydrogens is 396 g/mol. The number of aliphatic hydroxyl groups excluding tert-OH is 3. The summed E-state index contributed by atoms with van der Waals surface area (Å²) in [5.41, 5.74) is -0.666. The van der Waals surface area contributed by atoms with Gasteiger partial charge in [-0.25, -0.2) is 0 Å². The fourth-order valence-corrected chi connectivity index (χ4v) is 5.58. The molecule has 3 rings (SSSR count). The predicted molar refractivity (Wildman–Crippen MR) is 110 cm³/mol. The summed E-state index contributed by atoms with van der Waals surface area (Å²) >= 11 is 1.27. The highest BCUT2D eigenvalue weighted by atomic mass is 32.2. The lowest BCUT2D eigenvalue weighted by molar-refractivity contribution is -0.208. The van der Waals surface area contributed by atoms with E-state index in [4.69, 9.17) is 9.47 Å². The minimum absolute atomic E-state index is 0.0406. The Labute approximate surface area is 177 Å².